The van der Waals surface area contributed by atoms with Crippen molar-refractivity contribution in [3.8, 4) is 11.1 Å². The van der Waals surface area contributed by atoms with Crippen molar-refractivity contribution in [1.29, 1.82) is 0 Å². The molecule has 0 saturated carbocycles. The van der Waals surface area contributed by atoms with E-state index < -0.39 is 0 Å². The average Bonchev–Trinajstić information content (AvgIpc) is 2.30. The maximum atomic E-state index is 9.44. The van der Waals surface area contributed by atoms with E-state index >= 15 is 0 Å². The Morgan fingerprint density at radius 2 is 1.35 bits per heavy atom. The average molecular weight is 247 g/mol. The number of Topliss-reactive ketones (excluding diaryl/α,β-unsaturated/α-hetero) is 1. The predicted molar refractivity (Wildman–Crippen MR) is 73.2 cm³/mol. The molecular weight excluding hydrogens is 232 g/mol. The Bertz CT molecular complexity index is 473. The van der Waals surface area contributed by atoms with Crippen LogP contribution < -0.4 is 0 Å². The Morgan fingerprint density at radius 1 is 0.882 bits per heavy atom. The molecule has 17 heavy (non-hydrogen) atoms. The molecule has 0 spiro atoms. The molecule has 2 aromatic carbocycles. The molecule has 1 nitrogen and oxygen atoms in total. The second kappa shape index (κ2) is 6.87. The number of hydrogen-bond acceptors (Lipinski definition) is 1. The first kappa shape index (κ1) is 13.5. The molecule has 0 fully saturated rings. The molecule has 0 radical (unpaired) electrons. The van der Waals surface area contributed by atoms with E-state index in [1.165, 1.54) is 13.8 Å². The van der Waals surface area contributed by atoms with Crippen LogP contribution in [0, 0.1) is 0 Å². The summed E-state index contributed by atoms with van der Waals surface area (Å²) in [5, 5.41) is 0.800. The summed E-state index contributed by atoms with van der Waals surface area (Å²) in [5.74, 6) is 0.167. The van der Waals surface area contributed by atoms with Crippen molar-refractivity contribution in [2.45, 2.75) is 13.8 Å². The predicted octanol–water partition coefficient (Wildman–Crippen LogP) is 4.60. The molecule has 0 amide bonds. The fraction of sp³-hybridized carbons (Fsp3) is 0.133. The van der Waals surface area contributed by atoms with Crippen LogP contribution >= 0.6 is 11.6 Å². The van der Waals surface area contributed by atoms with Crippen molar-refractivity contribution in [2.75, 3.05) is 0 Å². The highest BCUT2D eigenvalue weighted by Crippen LogP contribution is 2.26. The van der Waals surface area contributed by atoms with Gasteiger partial charge in [0.05, 0.1) is 0 Å². The molecule has 2 aromatic rings. The third kappa shape index (κ3) is 4.83. The maximum Gasteiger partial charge on any atom is 0.126 e. The quantitative estimate of drug-likeness (QED) is 0.719. The lowest BCUT2D eigenvalue weighted by atomic mass is 10.1. The summed E-state index contributed by atoms with van der Waals surface area (Å²) < 4.78 is 0. The van der Waals surface area contributed by atoms with E-state index in [-0.39, 0.29) is 5.78 Å². The van der Waals surface area contributed by atoms with Gasteiger partial charge in [-0.15, -0.1) is 0 Å². The van der Waals surface area contributed by atoms with Crippen molar-refractivity contribution in [3.63, 3.8) is 0 Å². The largest absolute Gasteiger partial charge is 0.300 e. The van der Waals surface area contributed by atoms with Gasteiger partial charge in [0.25, 0.3) is 0 Å². The van der Waals surface area contributed by atoms with E-state index in [1.54, 1.807) is 0 Å². The monoisotopic (exact) mass is 246 g/mol. The minimum absolute atomic E-state index is 0.167. The van der Waals surface area contributed by atoms with E-state index in [2.05, 4.69) is 12.1 Å². The van der Waals surface area contributed by atoms with Crippen LogP contribution in [-0.4, -0.2) is 5.78 Å². The Kier molecular flexibility index (Phi) is 5.44. The molecule has 0 unspecified atom stereocenters. The lowest BCUT2D eigenvalue weighted by Gasteiger charge is -2.02. The lowest BCUT2D eigenvalue weighted by molar-refractivity contribution is -0.114. The molecule has 0 aliphatic heterocycles. The smallest absolute Gasteiger partial charge is 0.126 e. The molecule has 0 saturated heterocycles. The number of carbonyl (C=O) groups is 1. The normalized spacial score (nSPS) is 9.12. The molecule has 0 bridgehead atoms. The second-order valence-electron chi connectivity index (χ2n) is 3.75. The number of carbonyl (C=O) groups excluding carboxylic acids is 1. The first-order valence-corrected chi connectivity index (χ1v) is 5.76. The van der Waals surface area contributed by atoms with Gasteiger partial charge < -0.3 is 4.79 Å². The zero-order chi connectivity index (χ0) is 12.7. The van der Waals surface area contributed by atoms with E-state index in [4.69, 9.17) is 11.6 Å². The number of hydrogen-bond donors (Lipinski definition) is 0. The fourth-order valence-corrected chi connectivity index (χ4v) is 1.56. The summed E-state index contributed by atoms with van der Waals surface area (Å²) in [6, 6.07) is 18.0. The van der Waals surface area contributed by atoms with Crippen LogP contribution in [0.15, 0.2) is 54.6 Å². The van der Waals surface area contributed by atoms with Crippen molar-refractivity contribution in [2.24, 2.45) is 0 Å². The zero-order valence-corrected chi connectivity index (χ0v) is 10.7. The molecule has 0 aromatic heterocycles. The summed E-state index contributed by atoms with van der Waals surface area (Å²) in [4.78, 5) is 9.44. The first-order valence-electron chi connectivity index (χ1n) is 5.38. The third-order valence-corrected chi connectivity index (χ3v) is 2.29. The molecular formula is C15H15ClO. The van der Waals surface area contributed by atoms with Gasteiger partial charge in [0.1, 0.15) is 5.78 Å². The highest BCUT2D eigenvalue weighted by Gasteiger charge is 1.99. The minimum atomic E-state index is 0.167. The van der Waals surface area contributed by atoms with Crippen LogP contribution in [0.5, 0.6) is 0 Å². The summed E-state index contributed by atoms with van der Waals surface area (Å²) in [7, 11) is 0. The van der Waals surface area contributed by atoms with Crippen molar-refractivity contribution >= 4 is 17.4 Å². The van der Waals surface area contributed by atoms with Crippen molar-refractivity contribution in [3.05, 3.63) is 59.6 Å². The maximum absolute atomic E-state index is 9.44. The van der Waals surface area contributed by atoms with Crippen LogP contribution in [0.3, 0.4) is 0 Å². The molecule has 0 heterocycles. The third-order valence-electron chi connectivity index (χ3n) is 1.96. The van der Waals surface area contributed by atoms with Gasteiger partial charge in [-0.2, -0.15) is 0 Å². The van der Waals surface area contributed by atoms with Crippen LogP contribution in [0.25, 0.3) is 11.1 Å². The Hall–Kier alpha value is -1.60. The van der Waals surface area contributed by atoms with Gasteiger partial charge in [-0.05, 0) is 25.5 Å². The molecule has 2 rings (SSSR count). The zero-order valence-electron chi connectivity index (χ0n) is 9.98. The lowest BCUT2D eigenvalue weighted by Crippen LogP contribution is -1.77. The minimum Gasteiger partial charge on any atom is -0.300 e. The van der Waals surface area contributed by atoms with Crippen LogP contribution in [0.4, 0.5) is 0 Å². The Morgan fingerprint density at radius 3 is 1.88 bits per heavy atom. The molecule has 88 valence electrons. The molecule has 2 heteroatoms. The molecule has 0 aliphatic carbocycles. The topological polar surface area (TPSA) is 17.1 Å². The summed E-state index contributed by atoms with van der Waals surface area (Å²) in [6.45, 7) is 3.06. The van der Waals surface area contributed by atoms with E-state index in [9.17, 15) is 4.79 Å². The van der Waals surface area contributed by atoms with E-state index in [0.717, 1.165) is 16.1 Å². The van der Waals surface area contributed by atoms with E-state index in [0.29, 0.717) is 0 Å². The number of benzene rings is 2. The van der Waals surface area contributed by atoms with Crippen LogP contribution in [-0.2, 0) is 4.79 Å². The van der Waals surface area contributed by atoms with Gasteiger partial charge in [0.2, 0.25) is 0 Å². The van der Waals surface area contributed by atoms with Crippen molar-refractivity contribution in [1.82, 2.24) is 0 Å². The second-order valence-corrected chi connectivity index (χ2v) is 4.16. The van der Waals surface area contributed by atoms with E-state index in [1.807, 2.05) is 42.5 Å². The number of ketones is 1. The van der Waals surface area contributed by atoms with Gasteiger partial charge in [-0.25, -0.2) is 0 Å². The summed E-state index contributed by atoms with van der Waals surface area (Å²) in [5.41, 5.74) is 2.25. The standard InChI is InChI=1S/C12H9Cl.C3H6O/c13-12-9-5-4-8-11(12)10-6-2-1-3-7-10;1-3(2)4/h1-9H;1-2H3. The van der Waals surface area contributed by atoms with Crippen LogP contribution in [0.1, 0.15) is 13.8 Å². The highest BCUT2D eigenvalue weighted by atomic mass is 35.5. The molecule has 0 N–H and O–H groups in total. The first-order chi connectivity index (χ1) is 8.11. The SMILES string of the molecule is CC(C)=O.Clc1ccccc1-c1ccccc1. The molecule has 0 aliphatic rings. The summed E-state index contributed by atoms with van der Waals surface area (Å²) >= 11 is 6.06. The molecule has 0 atom stereocenters. The van der Waals surface area contributed by atoms with Gasteiger partial charge in [-0.3, -0.25) is 0 Å². The van der Waals surface area contributed by atoms with Gasteiger partial charge in [0.15, 0.2) is 0 Å². The number of halogens is 1. The summed E-state index contributed by atoms with van der Waals surface area (Å²) in [6.07, 6.45) is 0. The van der Waals surface area contributed by atoms with Gasteiger partial charge >= 0.3 is 0 Å². The Balaban J connectivity index is 0.000000317. The van der Waals surface area contributed by atoms with Crippen molar-refractivity contribution < 1.29 is 4.79 Å². The van der Waals surface area contributed by atoms with Gasteiger partial charge in [0, 0.05) is 10.6 Å². The number of rotatable bonds is 1. The Labute approximate surface area is 107 Å². The highest BCUT2D eigenvalue weighted by molar-refractivity contribution is 6.33. The fourth-order valence-electron chi connectivity index (χ4n) is 1.31. The van der Waals surface area contributed by atoms with Crippen LogP contribution in [0.2, 0.25) is 5.02 Å². The van der Waals surface area contributed by atoms with Gasteiger partial charge in [-0.1, -0.05) is 60.1 Å².